The summed E-state index contributed by atoms with van der Waals surface area (Å²) in [6.07, 6.45) is 0. The van der Waals surface area contributed by atoms with E-state index in [-0.39, 0.29) is 12.6 Å². The molecule has 1 aliphatic rings. The lowest BCUT2D eigenvalue weighted by Gasteiger charge is -2.26. The molecule has 1 saturated heterocycles. The summed E-state index contributed by atoms with van der Waals surface area (Å²) in [5.74, 6) is -0.325. The zero-order valence-corrected chi connectivity index (χ0v) is 10.4. The molecule has 0 spiro atoms. The Hall–Kier alpha value is -0.690. The maximum absolute atomic E-state index is 11.2. The maximum atomic E-state index is 11.2. The topological polar surface area (TPSA) is 57.2 Å². The van der Waals surface area contributed by atoms with Gasteiger partial charge in [-0.05, 0) is 0 Å². The predicted molar refractivity (Wildman–Crippen MR) is 60.9 cm³/mol. The third kappa shape index (κ3) is 7.27. The van der Waals surface area contributed by atoms with Gasteiger partial charge in [-0.15, -0.1) is 0 Å². The number of carbonyl (C=O) groups is 1. The second-order valence-electron chi connectivity index (χ2n) is 3.72. The van der Waals surface area contributed by atoms with Gasteiger partial charge in [0.2, 0.25) is 0 Å². The van der Waals surface area contributed by atoms with Gasteiger partial charge >= 0.3 is 5.97 Å². The minimum absolute atomic E-state index is 0.00747. The van der Waals surface area contributed by atoms with Crippen LogP contribution >= 0.6 is 0 Å². The Bertz CT molecular complexity index is 206. The summed E-state index contributed by atoms with van der Waals surface area (Å²) in [4.78, 5) is 13.4. The van der Waals surface area contributed by atoms with E-state index in [1.165, 1.54) is 0 Å². The summed E-state index contributed by atoms with van der Waals surface area (Å²) < 4.78 is 20.1. The highest BCUT2D eigenvalue weighted by Gasteiger charge is 2.10. The van der Waals surface area contributed by atoms with Crippen LogP contribution < -0.4 is 0 Å². The first kappa shape index (κ1) is 14.4. The molecular weight excluding hydrogens is 226 g/mol. The lowest BCUT2D eigenvalue weighted by molar-refractivity contribution is -0.150. The number of morpholine rings is 1. The molecule has 100 valence electrons. The lowest BCUT2D eigenvalue weighted by atomic mass is 10.4. The van der Waals surface area contributed by atoms with Gasteiger partial charge in [-0.3, -0.25) is 4.90 Å². The lowest BCUT2D eigenvalue weighted by Crippen LogP contribution is -2.38. The van der Waals surface area contributed by atoms with Gasteiger partial charge in [0.1, 0.15) is 13.2 Å². The van der Waals surface area contributed by atoms with Gasteiger partial charge < -0.3 is 18.9 Å². The van der Waals surface area contributed by atoms with Crippen LogP contribution in [-0.4, -0.2) is 77.3 Å². The molecule has 1 rings (SSSR count). The molecule has 1 fully saturated rings. The minimum atomic E-state index is -0.325. The molecule has 0 aromatic carbocycles. The largest absolute Gasteiger partial charge is 0.463 e. The van der Waals surface area contributed by atoms with E-state index in [1.807, 2.05) is 0 Å². The molecule has 17 heavy (non-hydrogen) atoms. The van der Waals surface area contributed by atoms with E-state index in [1.54, 1.807) is 7.11 Å². The quantitative estimate of drug-likeness (QED) is 0.427. The molecule has 1 aliphatic heterocycles. The highest BCUT2D eigenvalue weighted by Crippen LogP contribution is 1.96. The first-order valence-corrected chi connectivity index (χ1v) is 5.85. The molecule has 0 bridgehead atoms. The van der Waals surface area contributed by atoms with Crippen LogP contribution in [0.4, 0.5) is 0 Å². The van der Waals surface area contributed by atoms with Crippen LogP contribution in [0.5, 0.6) is 0 Å². The Morgan fingerprint density at radius 3 is 2.71 bits per heavy atom. The van der Waals surface area contributed by atoms with Crippen molar-refractivity contribution in [2.24, 2.45) is 0 Å². The van der Waals surface area contributed by atoms with E-state index in [0.717, 1.165) is 32.8 Å². The zero-order valence-electron chi connectivity index (χ0n) is 10.4. The van der Waals surface area contributed by atoms with E-state index in [0.29, 0.717) is 19.8 Å². The third-order valence-electron chi connectivity index (χ3n) is 2.43. The zero-order chi connectivity index (χ0) is 12.3. The summed E-state index contributed by atoms with van der Waals surface area (Å²) >= 11 is 0. The van der Waals surface area contributed by atoms with Gasteiger partial charge in [0.25, 0.3) is 0 Å². The van der Waals surface area contributed by atoms with Crippen LogP contribution in [0, 0.1) is 0 Å². The summed E-state index contributed by atoms with van der Waals surface area (Å²) in [5.41, 5.74) is 0. The van der Waals surface area contributed by atoms with Crippen LogP contribution in [0.15, 0.2) is 0 Å². The van der Waals surface area contributed by atoms with Crippen molar-refractivity contribution in [3.05, 3.63) is 0 Å². The molecule has 0 aromatic rings. The van der Waals surface area contributed by atoms with Crippen LogP contribution in [0.2, 0.25) is 0 Å². The van der Waals surface area contributed by atoms with Crippen molar-refractivity contribution >= 4 is 5.97 Å². The normalized spacial score (nSPS) is 17.0. The molecule has 1 heterocycles. The Morgan fingerprint density at radius 2 is 2.00 bits per heavy atom. The monoisotopic (exact) mass is 247 g/mol. The third-order valence-corrected chi connectivity index (χ3v) is 2.43. The average molecular weight is 247 g/mol. The fourth-order valence-electron chi connectivity index (χ4n) is 1.45. The number of nitrogens with zero attached hydrogens (tertiary/aromatic N) is 1. The van der Waals surface area contributed by atoms with Gasteiger partial charge in [0.15, 0.2) is 0 Å². The van der Waals surface area contributed by atoms with Gasteiger partial charge in [-0.1, -0.05) is 0 Å². The average Bonchev–Trinajstić information content (AvgIpc) is 2.36. The molecule has 0 atom stereocenters. The van der Waals surface area contributed by atoms with Gasteiger partial charge in [-0.2, -0.15) is 0 Å². The number of rotatable bonds is 8. The standard InChI is InChI=1S/C11H21NO5/c1-14-8-9-16-10-11(13)17-7-4-12-2-5-15-6-3-12/h2-10H2,1H3. The van der Waals surface area contributed by atoms with Crippen LogP contribution in [0.3, 0.4) is 0 Å². The number of ether oxygens (including phenoxy) is 4. The number of hydrogen-bond acceptors (Lipinski definition) is 6. The number of esters is 1. The fraction of sp³-hybridized carbons (Fsp3) is 0.909. The van der Waals surface area contributed by atoms with E-state index in [9.17, 15) is 4.79 Å². The molecule has 0 amide bonds. The Balaban J connectivity index is 1.92. The first-order valence-electron chi connectivity index (χ1n) is 5.85. The van der Waals surface area contributed by atoms with Gasteiger partial charge in [-0.25, -0.2) is 4.79 Å². The highest BCUT2D eigenvalue weighted by molar-refractivity contribution is 5.70. The second-order valence-corrected chi connectivity index (χ2v) is 3.72. The Labute approximate surface area is 102 Å². The predicted octanol–water partition coefficient (Wildman–Crippen LogP) is -0.475. The number of hydrogen-bond donors (Lipinski definition) is 0. The van der Waals surface area contributed by atoms with E-state index < -0.39 is 0 Å². The Kier molecular flexibility index (Phi) is 7.91. The van der Waals surface area contributed by atoms with E-state index in [2.05, 4.69) is 4.90 Å². The Morgan fingerprint density at radius 1 is 1.24 bits per heavy atom. The van der Waals surface area contributed by atoms with Crippen molar-refractivity contribution in [2.45, 2.75) is 0 Å². The van der Waals surface area contributed by atoms with Crippen molar-refractivity contribution in [3.63, 3.8) is 0 Å². The van der Waals surface area contributed by atoms with Crippen LogP contribution in [0.25, 0.3) is 0 Å². The maximum Gasteiger partial charge on any atom is 0.332 e. The minimum Gasteiger partial charge on any atom is -0.463 e. The SMILES string of the molecule is COCCOCC(=O)OCCN1CCOCC1. The molecule has 0 aliphatic carbocycles. The molecular formula is C11H21NO5. The summed E-state index contributed by atoms with van der Waals surface area (Å²) in [5, 5.41) is 0. The molecule has 0 aromatic heterocycles. The summed E-state index contributed by atoms with van der Waals surface area (Å²) in [6.45, 7) is 5.38. The van der Waals surface area contributed by atoms with Gasteiger partial charge in [0.05, 0.1) is 26.4 Å². The van der Waals surface area contributed by atoms with E-state index >= 15 is 0 Å². The molecule has 6 nitrogen and oxygen atoms in total. The molecule has 0 N–H and O–H groups in total. The molecule has 0 radical (unpaired) electrons. The molecule has 6 heteroatoms. The van der Waals surface area contributed by atoms with Crippen LogP contribution in [-0.2, 0) is 23.7 Å². The van der Waals surface area contributed by atoms with Crippen LogP contribution in [0.1, 0.15) is 0 Å². The summed E-state index contributed by atoms with van der Waals surface area (Å²) in [6, 6.07) is 0. The van der Waals surface area contributed by atoms with Crippen molar-refractivity contribution < 1.29 is 23.7 Å². The van der Waals surface area contributed by atoms with Gasteiger partial charge in [0, 0.05) is 26.7 Å². The van der Waals surface area contributed by atoms with Crippen molar-refractivity contribution in [1.82, 2.24) is 4.90 Å². The fourth-order valence-corrected chi connectivity index (χ4v) is 1.45. The molecule has 0 unspecified atom stereocenters. The number of carbonyl (C=O) groups excluding carboxylic acids is 1. The highest BCUT2D eigenvalue weighted by atomic mass is 16.6. The van der Waals surface area contributed by atoms with E-state index in [4.69, 9.17) is 18.9 Å². The molecule has 0 saturated carbocycles. The second kappa shape index (κ2) is 9.35. The van der Waals surface area contributed by atoms with Crippen molar-refractivity contribution in [1.29, 1.82) is 0 Å². The van der Waals surface area contributed by atoms with Crippen molar-refractivity contribution in [2.75, 3.05) is 66.4 Å². The smallest absolute Gasteiger partial charge is 0.332 e. The first-order chi connectivity index (χ1) is 8.33. The number of methoxy groups -OCH3 is 1. The van der Waals surface area contributed by atoms with Crippen molar-refractivity contribution in [3.8, 4) is 0 Å². The summed E-state index contributed by atoms with van der Waals surface area (Å²) in [7, 11) is 1.59.